The summed E-state index contributed by atoms with van der Waals surface area (Å²) in [4.78, 5) is 0. The van der Waals surface area contributed by atoms with Crippen LogP contribution in [0.5, 0.6) is 0 Å². The van der Waals surface area contributed by atoms with E-state index in [9.17, 15) is 4.39 Å². The molecule has 0 radical (unpaired) electrons. The molecule has 2 rings (SSSR count). The molecule has 6 heteroatoms. The summed E-state index contributed by atoms with van der Waals surface area (Å²) in [7, 11) is 0. The minimum atomic E-state index is -0.409. The second-order valence-corrected chi connectivity index (χ2v) is 4.09. The molecule has 1 N–H and O–H groups in total. The van der Waals surface area contributed by atoms with Crippen molar-refractivity contribution in [1.29, 1.82) is 0 Å². The first-order valence-electron chi connectivity index (χ1n) is 4.19. The van der Waals surface area contributed by atoms with Crippen molar-refractivity contribution in [2.24, 2.45) is 0 Å². The molecule has 0 unspecified atom stereocenters. The summed E-state index contributed by atoms with van der Waals surface area (Å²) in [6.45, 7) is 0.503. The minimum Gasteiger partial charge on any atom is -0.356 e. The summed E-state index contributed by atoms with van der Waals surface area (Å²) >= 11 is 6.96. The minimum absolute atomic E-state index is 0.134. The summed E-state index contributed by atoms with van der Waals surface area (Å²) in [5, 5.41) is 11.4. The SMILES string of the molecule is Fc1cc(CNc2nncs2)ccc1Cl. The maximum Gasteiger partial charge on any atom is 0.205 e. The fourth-order valence-electron chi connectivity index (χ4n) is 1.08. The van der Waals surface area contributed by atoms with Crippen molar-refractivity contribution in [1.82, 2.24) is 10.2 Å². The highest BCUT2D eigenvalue weighted by atomic mass is 35.5. The molecule has 78 valence electrons. The van der Waals surface area contributed by atoms with Gasteiger partial charge in [-0.05, 0) is 17.7 Å². The molecule has 2 aromatic rings. The van der Waals surface area contributed by atoms with Crippen LogP contribution < -0.4 is 5.32 Å². The Morgan fingerprint density at radius 3 is 3.00 bits per heavy atom. The van der Waals surface area contributed by atoms with Gasteiger partial charge in [-0.15, -0.1) is 10.2 Å². The Morgan fingerprint density at radius 2 is 2.33 bits per heavy atom. The van der Waals surface area contributed by atoms with E-state index in [4.69, 9.17) is 11.6 Å². The first-order chi connectivity index (χ1) is 7.25. The fraction of sp³-hybridized carbons (Fsp3) is 0.111. The molecule has 0 saturated carbocycles. The van der Waals surface area contributed by atoms with Crippen LogP contribution in [-0.2, 0) is 6.54 Å². The van der Waals surface area contributed by atoms with Crippen LogP contribution in [0.25, 0.3) is 0 Å². The first kappa shape index (κ1) is 10.3. The lowest BCUT2D eigenvalue weighted by atomic mass is 10.2. The van der Waals surface area contributed by atoms with Gasteiger partial charge in [-0.3, -0.25) is 0 Å². The molecule has 0 atom stereocenters. The molecular weight excluding hydrogens is 237 g/mol. The van der Waals surface area contributed by atoms with Crippen LogP contribution in [-0.4, -0.2) is 10.2 Å². The van der Waals surface area contributed by atoms with E-state index in [1.807, 2.05) is 0 Å². The third-order valence-corrected chi connectivity index (χ3v) is 2.74. The molecule has 3 nitrogen and oxygen atoms in total. The van der Waals surface area contributed by atoms with Gasteiger partial charge in [-0.2, -0.15) is 0 Å². The smallest absolute Gasteiger partial charge is 0.205 e. The van der Waals surface area contributed by atoms with Crippen LogP contribution in [0, 0.1) is 5.82 Å². The lowest BCUT2D eigenvalue weighted by Gasteiger charge is -2.02. The van der Waals surface area contributed by atoms with Gasteiger partial charge in [0.05, 0.1) is 5.02 Å². The molecule has 1 aromatic carbocycles. The second kappa shape index (κ2) is 4.55. The molecule has 0 saturated heterocycles. The Balaban J connectivity index is 2.02. The van der Waals surface area contributed by atoms with Crippen LogP contribution in [0.15, 0.2) is 23.7 Å². The van der Waals surface area contributed by atoms with Crippen LogP contribution >= 0.6 is 22.9 Å². The van der Waals surface area contributed by atoms with Gasteiger partial charge >= 0.3 is 0 Å². The largest absolute Gasteiger partial charge is 0.356 e. The Labute approximate surface area is 94.9 Å². The number of aromatic nitrogens is 2. The molecule has 0 spiro atoms. The van der Waals surface area contributed by atoms with Gasteiger partial charge in [0.15, 0.2) is 0 Å². The van der Waals surface area contributed by atoms with Crippen molar-refractivity contribution >= 4 is 28.1 Å². The van der Waals surface area contributed by atoms with Gasteiger partial charge in [0.1, 0.15) is 11.3 Å². The predicted octanol–water partition coefficient (Wildman–Crippen LogP) is 2.94. The fourth-order valence-corrected chi connectivity index (χ4v) is 1.64. The summed E-state index contributed by atoms with van der Waals surface area (Å²) < 4.78 is 13.1. The summed E-state index contributed by atoms with van der Waals surface area (Å²) in [6.07, 6.45) is 0. The predicted molar refractivity (Wildman–Crippen MR) is 58.6 cm³/mol. The molecule has 1 aromatic heterocycles. The van der Waals surface area contributed by atoms with E-state index >= 15 is 0 Å². The molecule has 0 aliphatic rings. The number of nitrogens with zero attached hydrogens (tertiary/aromatic N) is 2. The van der Waals surface area contributed by atoms with Crippen LogP contribution in [0.1, 0.15) is 5.56 Å². The van der Waals surface area contributed by atoms with Crippen molar-refractivity contribution in [3.63, 3.8) is 0 Å². The number of hydrogen-bond donors (Lipinski definition) is 1. The van der Waals surface area contributed by atoms with Gasteiger partial charge in [0, 0.05) is 6.54 Å². The van der Waals surface area contributed by atoms with Gasteiger partial charge in [0.2, 0.25) is 5.13 Å². The summed E-state index contributed by atoms with van der Waals surface area (Å²) in [5.41, 5.74) is 2.44. The van der Waals surface area contributed by atoms with E-state index in [0.29, 0.717) is 11.7 Å². The first-order valence-corrected chi connectivity index (χ1v) is 5.45. The maximum absolute atomic E-state index is 13.1. The number of halogens is 2. The zero-order chi connectivity index (χ0) is 10.7. The van der Waals surface area contributed by atoms with Gasteiger partial charge in [-0.25, -0.2) is 4.39 Å². The van der Waals surface area contributed by atoms with Gasteiger partial charge < -0.3 is 5.32 Å². The third-order valence-electron chi connectivity index (χ3n) is 1.79. The molecule has 15 heavy (non-hydrogen) atoms. The Morgan fingerprint density at radius 1 is 1.47 bits per heavy atom. The van der Waals surface area contributed by atoms with Crippen molar-refractivity contribution in [3.05, 3.63) is 40.1 Å². The Kier molecular flexibility index (Phi) is 3.13. The van der Waals surface area contributed by atoms with E-state index in [0.717, 1.165) is 5.56 Å². The lowest BCUT2D eigenvalue weighted by Crippen LogP contribution is -1.99. The molecular formula is C9H7ClFN3S. The van der Waals surface area contributed by atoms with Crippen molar-refractivity contribution in [2.45, 2.75) is 6.54 Å². The molecule has 0 aliphatic heterocycles. The number of anilines is 1. The highest BCUT2D eigenvalue weighted by Gasteiger charge is 2.01. The van der Waals surface area contributed by atoms with Crippen molar-refractivity contribution < 1.29 is 4.39 Å². The quantitative estimate of drug-likeness (QED) is 0.901. The topological polar surface area (TPSA) is 37.8 Å². The number of hydrogen-bond acceptors (Lipinski definition) is 4. The van der Waals surface area contributed by atoms with E-state index in [2.05, 4.69) is 15.5 Å². The monoisotopic (exact) mass is 243 g/mol. The van der Waals surface area contributed by atoms with Crippen molar-refractivity contribution in [3.8, 4) is 0 Å². The number of nitrogens with one attached hydrogen (secondary N) is 1. The average molecular weight is 244 g/mol. The molecule has 0 fully saturated rings. The van der Waals surface area contributed by atoms with Gasteiger partial charge in [0.25, 0.3) is 0 Å². The normalized spacial score (nSPS) is 10.3. The summed E-state index contributed by atoms with van der Waals surface area (Å²) in [5.74, 6) is -0.409. The van der Waals surface area contributed by atoms with E-state index < -0.39 is 5.82 Å². The molecule has 0 amide bonds. The molecule has 1 heterocycles. The van der Waals surface area contributed by atoms with Crippen molar-refractivity contribution in [2.75, 3.05) is 5.32 Å². The highest BCUT2D eigenvalue weighted by Crippen LogP contribution is 2.17. The highest BCUT2D eigenvalue weighted by molar-refractivity contribution is 7.13. The standard InChI is InChI=1S/C9H7ClFN3S/c10-7-2-1-6(3-8(7)11)4-12-9-14-13-5-15-9/h1-3,5H,4H2,(H,12,14). The Bertz CT molecular complexity index is 447. The van der Waals surface area contributed by atoms with Crippen LogP contribution in [0.4, 0.5) is 9.52 Å². The van der Waals surface area contributed by atoms with Crippen LogP contribution in [0.2, 0.25) is 5.02 Å². The van der Waals surface area contributed by atoms with E-state index in [1.165, 1.54) is 23.5 Å². The maximum atomic E-state index is 13.1. The molecule has 0 bridgehead atoms. The zero-order valence-electron chi connectivity index (χ0n) is 7.58. The average Bonchev–Trinajstić information content (AvgIpc) is 2.73. The second-order valence-electron chi connectivity index (χ2n) is 2.85. The lowest BCUT2D eigenvalue weighted by molar-refractivity contribution is 0.626. The molecule has 0 aliphatic carbocycles. The zero-order valence-corrected chi connectivity index (χ0v) is 9.15. The third kappa shape index (κ3) is 2.64. The van der Waals surface area contributed by atoms with Crippen LogP contribution in [0.3, 0.4) is 0 Å². The van der Waals surface area contributed by atoms with Gasteiger partial charge in [-0.1, -0.05) is 29.0 Å². The van der Waals surface area contributed by atoms with E-state index in [1.54, 1.807) is 11.6 Å². The number of rotatable bonds is 3. The van der Waals surface area contributed by atoms with E-state index in [-0.39, 0.29) is 5.02 Å². The summed E-state index contributed by atoms with van der Waals surface area (Å²) in [6, 6.07) is 4.70. The number of benzene rings is 1. The Hall–Kier alpha value is -1.20.